The van der Waals surface area contributed by atoms with Crippen molar-refractivity contribution in [2.45, 2.75) is 0 Å². The summed E-state index contributed by atoms with van der Waals surface area (Å²) in [7, 11) is -5.38. The molecule has 3 aromatic rings. The van der Waals surface area contributed by atoms with E-state index in [0.29, 0.717) is 23.6 Å². The van der Waals surface area contributed by atoms with Crippen LogP contribution in [0.25, 0.3) is 0 Å². The SMILES string of the molecule is NS(=O)(=O)CCNc1ccc([N+](=O)[O-])cc1.Nc1ccc(NCCS(N)(=O)=O)cc1.O=[N+]([O-])c1ccc(NCCS(=O)(=O)Cl)cc1. The Morgan fingerprint density at radius 1 is 0.565 bits per heavy atom. The molecule has 46 heavy (non-hydrogen) atoms. The van der Waals surface area contributed by atoms with Crippen molar-refractivity contribution in [1.82, 2.24) is 0 Å². The summed E-state index contributed by atoms with van der Waals surface area (Å²) in [5, 5.41) is 38.8. The highest BCUT2D eigenvalue weighted by molar-refractivity contribution is 8.13. The lowest BCUT2D eigenvalue weighted by atomic mass is 10.3. The Kier molecular flexibility index (Phi) is 16.1. The molecule has 0 saturated carbocycles. The molecule has 0 aliphatic heterocycles. The standard InChI is InChI=1S/C8H9ClN2O4S.C8H11N3O4S.C8H13N3O2S/c2*9-16(14,15)6-5-10-7-1-3-8(4-2-7)11(12)13;9-7-1-3-8(4-2-7)11-5-6-14(10,12)13/h1-4,10H,5-6H2;1-4,10H,5-6H2,(H2,9,14,15);1-4,11H,5-6,9H2,(H2,10,12,13). The van der Waals surface area contributed by atoms with Gasteiger partial charge in [0.2, 0.25) is 29.1 Å². The van der Waals surface area contributed by atoms with Crippen LogP contribution in [0.1, 0.15) is 0 Å². The van der Waals surface area contributed by atoms with Gasteiger partial charge in [0, 0.05) is 77.3 Å². The third-order valence-electron chi connectivity index (χ3n) is 5.17. The summed E-state index contributed by atoms with van der Waals surface area (Å²) in [5.74, 6) is -0.479. The number of nitro groups is 2. The van der Waals surface area contributed by atoms with Crippen molar-refractivity contribution in [1.29, 1.82) is 0 Å². The number of nitrogens with zero attached hydrogens (tertiary/aromatic N) is 2. The first-order valence-corrected chi connectivity index (χ1v) is 18.6. The van der Waals surface area contributed by atoms with Crippen LogP contribution in [0.2, 0.25) is 0 Å². The van der Waals surface area contributed by atoms with Crippen molar-refractivity contribution < 1.29 is 35.1 Å². The molecule has 22 heteroatoms. The fourth-order valence-corrected chi connectivity index (χ4v) is 4.35. The van der Waals surface area contributed by atoms with Crippen molar-refractivity contribution in [2.75, 3.05) is 58.6 Å². The average molecular weight is 725 g/mol. The average Bonchev–Trinajstić information content (AvgIpc) is 2.93. The maximum absolute atomic E-state index is 10.6. The zero-order valence-corrected chi connectivity index (χ0v) is 27.2. The van der Waals surface area contributed by atoms with Crippen molar-refractivity contribution in [3.63, 3.8) is 0 Å². The highest BCUT2D eigenvalue weighted by Gasteiger charge is 2.07. The van der Waals surface area contributed by atoms with Crippen LogP contribution < -0.4 is 32.0 Å². The molecule has 0 aliphatic rings. The molecule has 0 aliphatic carbocycles. The van der Waals surface area contributed by atoms with Crippen LogP contribution in [0.3, 0.4) is 0 Å². The molecule has 0 saturated heterocycles. The van der Waals surface area contributed by atoms with E-state index < -0.39 is 38.9 Å². The van der Waals surface area contributed by atoms with E-state index in [1.54, 1.807) is 24.3 Å². The predicted molar refractivity (Wildman–Crippen MR) is 178 cm³/mol. The van der Waals surface area contributed by atoms with Crippen molar-refractivity contribution in [3.8, 4) is 0 Å². The van der Waals surface area contributed by atoms with Gasteiger partial charge in [-0.05, 0) is 48.5 Å². The molecule has 0 atom stereocenters. The summed E-state index contributed by atoms with van der Waals surface area (Å²) in [6.45, 7) is 0.614. The molecule has 3 aromatic carbocycles. The number of nitrogens with one attached hydrogen (secondary N) is 3. The van der Waals surface area contributed by atoms with Crippen LogP contribution >= 0.6 is 10.7 Å². The number of nitrogens with two attached hydrogens (primary N) is 3. The van der Waals surface area contributed by atoms with Crippen LogP contribution in [-0.4, -0.2) is 72.0 Å². The molecule has 0 bridgehead atoms. The summed E-state index contributed by atoms with van der Waals surface area (Å²) in [4.78, 5) is 19.7. The topological polar surface area (TPSA) is 303 Å². The van der Waals surface area contributed by atoms with E-state index in [4.69, 9.17) is 26.7 Å². The van der Waals surface area contributed by atoms with Crippen molar-refractivity contribution in [2.24, 2.45) is 10.3 Å². The van der Waals surface area contributed by atoms with Gasteiger partial charge < -0.3 is 21.7 Å². The van der Waals surface area contributed by atoms with E-state index in [1.165, 1.54) is 48.5 Å². The van der Waals surface area contributed by atoms with Gasteiger partial charge in [0.1, 0.15) is 0 Å². The molecule has 0 aromatic heterocycles. The minimum Gasteiger partial charge on any atom is -0.399 e. The number of sulfonamides is 2. The zero-order chi connectivity index (χ0) is 35.0. The maximum atomic E-state index is 10.6. The van der Waals surface area contributed by atoms with Gasteiger partial charge in [-0.15, -0.1) is 0 Å². The molecule has 0 fully saturated rings. The van der Waals surface area contributed by atoms with Gasteiger partial charge in [-0.25, -0.2) is 35.5 Å². The Labute approximate surface area is 270 Å². The minimum absolute atomic E-state index is 0.0167. The lowest BCUT2D eigenvalue weighted by Crippen LogP contribution is -2.22. The largest absolute Gasteiger partial charge is 0.399 e. The van der Waals surface area contributed by atoms with E-state index in [-0.39, 0.29) is 41.7 Å². The summed E-state index contributed by atoms with van der Waals surface area (Å²) in [6, 6.07) is 18.4. The van der Waals surface area contributed by atoms with Gasteiger partial charge in [0.15, 0.2) is 0 Å². The van der Waals surface area contributed by atoms with Gasteiger partial charge in [0.25, 0.3) is 11.4 Å². The van der Waals surface area contributed by atoms with Gasteiger partial charge in [0.05, 0.1) is 27.1 Å². The van der Waals surface area contributed by atoms with E-state index in [0.717, 1.165) is 5.69 Å². The Morgan fingerprint density at radius 2 is 0.848 bits per heavy atom. The zero-order valence-electron chi connectivity index (χ0n) is 24.0. The Morgan fingerprint density at radius 3 is 1.11 bits per heavy atom. The molecule has 0 unspecified atom stereocenters. The molecule has 3 rings (SSSR count). The number of nitro benzene ring substituents is 2. The highest BCUT2D eigenvalue weighted by atomic mass is 35.7. The van der Waals surface area contributed by atoms with E-state index in [1.807, 2.05) is 0 Å². The van der Waals surface area contributed by atoms with E-state index in [2.05, 4.69) is 16.0 Å². The molecule has 9 N–H and O–H groups in total. The molecule has 18 nitrogen and oxygen atoms in total. The Bertz CT molecular complexity index is 1650. The number of non-ortho nitro benzene ring substituents is 2. The fourth-order valence-electron chi connectivity index (χ4n) is 3.00. The van der Waals surface area contributed by atoms with Crippen LogP contribution in [0.4, 0.5) is 34.1 Å². The number of anilines is 4. The quantitative estimate of drug-likeness (QED) is 0.0598. The Hall–Kier alpha value is -4.28. The van der Waals surface area contributed by atoms with Gasteiger partial charge in [-0.1, -0.05) is 0 Å². The molecule has 0 spiro atoms. The number of benzene rings is 3. The minimum atomic E-state index is -3.51. The lowest BCUT2D eigenvalue weighted by molar-refractivity contribution is -0.385. The number of halogens is 1. The Balaban J connectivity index is 0.000000346. The van der Waals surface area contributed by atoms with E-state index in [9.17, 15) is 45.5 Å². The second-order valence-corrected chi connectivity index (χ2v) is 15.4. The van der Waals surface area contributed by atoms with Crippen LogP contribution in [0.15, 0.2) is 72.8 Å². The summed E-state index contributed by atoms with van der Waals surface area (Å²) >= 11 is 0. The first-order valence-electron chi connectivity index (χ1n) is 12.7. The number of rotatable bonds is 14. The highest BCUT2D eigenvalue weighted by Crippen LogP contribution is 2.16. The molecular formula is C24H33ClN8O10S3. The summed E-state index contributed by atoms with van der Waals surface area (Å²) in [6.07, 6.45) is 0. The number of primary sulfonamides is 2. The third-order valence-corrected chi connectivity index (χ3v) is 7.87. The van der Waals surface area contributed by atoms with Crippen molar-refractivity contribution >= 4 is 73.9 Å². The molecule has 0 radical (unpaired) electrons. The van der Waals surface area contributed by atoms with Crippen LogP contribution in [0, 0.1) is 20.2 Å². The van der Waals surface area contributed by atoms with Crippen LogP contribution in [0.5, 0.6) is 0 Å². The normalized spacial score (nSPS) is 11.1. The number of hydrogen-bond donors (Lipinski definition) is 6. The second-order valence-electron chi connectivity index (χ2n) is 8.99. The first kappa shape index (κ1) is 39.7. The van der Waals surface area contributed by atoms with Crippen LogP contribution in [-0.2, 0) is 29.1 Å². The molecule has 254 valence electrons. The first-order chi connectivity index (χ1) is 21.2. The van der Waals surface area contributed by atoms with Gasteiger partial charge in [-0.2, -0.15) is 0 Å². The van der Waals surface area contributed by atoms with Gasteiger partial charge in [-0.3, -0.25) is 20.2 Å². The summed E-state index contributed by atoms with van der Waals surface area (Å²) < 4.78 is 63.6. The third kappa shape index (κ3) is 19.9. The molecular weight excluding hydrogens is 692 g/mol. The molecule has 0 amide bonds. The van der Waals surface area contributed by atoms with Gasteiger partial charge >= 0.3 is 0 Å². The monoisotopic (exact) mass is 724 g/mol. The second kappa shape index (κ2) is 18.6. The predicted octanol–water partition coefficient (Wildman–Crippen LogP) is 1.84. The molecule has 0 heterocycles. The smallest absolute Gasteiger partial charge is 0.269 e. The summed E-state index contributed by atoms with van der Waals surface area (Å²) in [5.41, 5.74) is 8.15. The fraction of sp³-hybridized carbons (Fsp3) is 0.250. The number of nitrogen functional groups attached to an aromatic ring is 1. The number of hydrogen-bond acceptors (Lipinski definition) is 14. The van der Waals surface area contributed by atoms with E-state index >= 15 is 0 Å². The maximum Gasteiger partial charge on any atom is 0.269 e. The van der Waals surface area contributed by atoms with Crippen molar-refractivity contribution in [3.05, 3.63) is 93.0 Å². The lowest BCUT2D eigenvalue weighted by Gasteiger charge is -2.04.